The van der Waals surface area contributed by atoms with Crippen LogP contribution in [0, 0.1) is 0 Å². The Hall–Kier alpha value is -0.610. The smallest absolute Gasteiger partial charge is 0.222 e. The number of amides is 1. The number of nitrogens with two attached hydrogens (primary N) is 1. The largest absolute Gasteiger partial charge is 0.376 e. The molecule has 3 unspecified atom stereocenters. The van der Waals surface area contributed by atoms with Crippen LogP contribution in [0.4, 0.5) is 0 Å². The van der Waals surface area contributed by atoms with Crippen molar-refractivity contribution in [3.05, 3.63) is 0 Å². The van der Waals surface area contributed by atoms with E-state index in [1.165, 1.54) is 0 Å². The summed E-state index contributed by atoms with van der Waals surface area (Å²) in [4.78, 5) is 11.8. The number of nitrogens with one attached hydrogen (secondary N) is 1. The second-order valence-electron chi connectivity index (χ2n) is 4.98. The van der Waals surface area contributed by atoms with Crippen LogP contribution < -0.4 is 11.1 Å². The molecule has 1 amide bonds. The van der Waals surface area contributed by atoms with Gasteiger partial charge in [0.05, 0.1) is 11.6 Å². The van der Waals surface area contributed by atoms with E-state index in [2.05, 4.69) is 12.2 Å². The van der Waals surface area contributed by atoms with Gasteiger partial charge in [0.2, 0.25) is 5.91 Å². The van der Waals surface area contributed by atoms with Gasteiger partial charge in [0.15, 0.2) is 0 Å². The zero-order valence-corrected chi connectivity index (χ0v) is 10.6. The Labute approximate surface area is 97.9 Å². The highest BCUT2D eigenvalue weighted by Gasteiger charge is 2.38. The van der Waals surface area contributed by atoms with E-state index in [4.69, 9.17) is 10.5 Å². The predicted molar refractivity (Wildman–Crippen MR) is 64.1 cm³/mol. The van der Waals surface area contributed by atoms with Crippen molar-refractivity contribution in [3.8, 4) is 0 Å². The lowest BCUT2D eigenvalue weighted by atomic mass is 9.94. The molecular weight excluding hydrogens is 204 g/mol. The lowest BCUT2D eigenvalue weighted by molar-refractivity contribution is -0.123. The number of ether oxygens (including phenoxy) is 1. The first-order valence-electron chi connectivity index (χ1n) is 6.16. The summed E-state index contributed by atoms with van der Waals surface area (Å²) in [5, 5.41) is 3.05. The van der Waals surface area contributed by atoms with Crippen LogP contribution in [0.3, 0.4) is 0 Å². The normalized spacial score (nSPS) is 31.4. The molecule has 0 spiro atoms. The van der Waals surface area contributed by atoms with Gasteiger partial charge in [-0.3, -0.25) is 4.79 Å². The first-order chi connectivity index (χ1) is 7.48. The van der Waals surface area contributed by atoms with Crippen LogP contribution >= 0.6 is 0 Å². The third-order valence-corrected chi connectivity index (χ3v) is 3.42. The summed E-state index contributed by atoms with van der Waals surface area (Å²) in [6, 6.07) is -0.0220. The molecule has 0 radical (unpaired) electrons. The Morgan fingerprint density at radius 3 is 2.88 bits per heavy atom. The van der Waals surface area contributed by atoms with Gasteiger partial charge in [-0.05, 0) is 26.7 Å². The third kappa shape index (κ3) is 3.46. The number of carbonyl (C=O) groups excluding carboxylic acids is 1. The maximum absolute atomic E-state index is 11.8. The molecule has 4 nitrogen and oxygen atoms in total. The maximum Gasteiger partial charge on any atom is 0.222 e. The van der Waals surface area contributed by atoms with Crippen molar-refractivity contribution >= 4 is 5.91 Å². The summed E-state index contributed by atoms with van der Waals surface area (Å²) < 4.78 is 5.48. The standard InChI is InChI=1S/C12H24N2O2/c1-4-5-10(13)8-11(15)14-12(3)6-7-16-9(12)2/h9-10H,4-8,13H2,1-3H3,(H,14,15). The monoisotopic (exact) mass is 228 g/mol. The van der Waals surface area contributed by atoms with Crippen molar-refractivity contribution < 1.29 is 9.53 Å². The van der Waals surface area contributed by atoms with Gasteiger partial charge in [-0.2, -0.15) is 0 Å². The highest BCUT2D eigenvalue weighted by molar-refractivity contribution is 5.77. The summed E-state index contributed by atoms with van der Waals surface area (Å²) in [5.74, 6) is 0.0424. The summed E-state index contributed by atoms with van der Waals surface area (Å²) in [6.07, 6.45) is 3.29. The fraction of sp³-hybridized carbons (Fsp3) is 0.917. The molecule has 16 heavy (non-hydrogen) atoms. The van der Waals surface area contributed by atoms with Crippen molar-refractivity contribution in [3.63, 3.8) is 0 Å². The van der Waals surface area contributed by atoms with Crippen molar-refractivity contribution in [2.75, 3.05) is 6.61 Å². The molecule has 1 aliphatic heterocycles. The molecule has 0 aromatic rings. The Morgan fingerprint density at radius 1 is 1.69 bits per heavy atom. The number of carbonyl (C=O) groups is 1. The van der Waals surface area contributed by atoms with Crippen LogP contribution in [0.25, 0.3) is 0 Å². The Kier molecular flexibility index (Phi) is 4.74. The van der Waals surface area contributed by atoms with Crippen molar-refractivity contribution in [1.29, 1.82) is 0 Å². The van der Waals surface area contributed by atoms with Crippen LogP contribution in [0.5, 0.6) is 0 Å². The minimum absolute atomic E-state index is 0.0220. The second-order valence-corrected chi connectivity index (χ2v) is 4.98. The van der Waals surface area contributed by atoms with E-state index >= 15 is 0 Å². The molecule has 0 aliphatic carbocycles. The summed E-state index contributed by atoms with van der Waals surface area (Å²) >= 11 is 0. The molecule has 1 rings (SSSR count). The van der Waals surface area contributed by atoms with Gasteiger partial charge in [0.1, 0.15) is 0 Å². The molecule has 94 valence electrons. The van der Waals surface area contributed by atoms with Gasteiger partial charge in [-0.1, -0.05) is 13.3 Å². The quantitative estimate of drug-likeness (QED) is 0.743. The zero-order chi connectivity index (χ0) is 12.2. The molecular formula is C12H24N2O2. The second kappa shape index (κ2) is 5.64. The first-order valence-corrected chi connectivity index (χ1v) is 6.16. The van der Waals surface area contributed by atoms with E-state index in [-0.39, 0.29) is 23.6 Å². The Bertz CT molecular complexity index is 245. The minimum atomic E-state index is -0.219. The zero-order valence-electron chi connectivity index (χ0n) is 10.6. The van der Waals surface area contributed by atoms with Gasteiger partial charge in [0, 0.05) is 19.1 Å². The average Bonchev–Trinajstić information content (AvgIpc) is 2.46. The first kappa shape index (κ1) is 13.5. The Morgan fingerprint density at radius 2 is 2.38 bits per heavy atom. The van der Waals surface area contributed by atoms with Crippen LogP contribution in [-0.4, -0.2) is 30.2 Å². The highest BCUT2D eigenvalue weighted by Crippen LogP contribution is 2.25. The van der Waals surface area contributed by atoms with E-state index in [9.17, 15) is 4.79 Å². The van der Waals surface area contributed by atoms with Crippen molar-refractivity contribution in [2.24, 2.45) is 5.73 Å². The highest BCUT2D eigenvalue weighted by atomic mass is 16.5. The number of hydrogen-bond donors (Lipinski definition) is 2. The van der Waals surface area contributed by atoms with Crippen LogP contribution in [-0.2, 0) is 9.53 Å². The molecule has 0 aromatic heterocycles. The van der Waals surface area contributed by atoms with E-state index in [1.807, 2.05) is 13.8 Å². The molecule has 1 fully saturated rings. The topological polar surface area (TPSA) is 64.4 Å². The Balaban J connectivity index is 2.39. The fourth-order valence-corrected chi connectivity index (χ4v) is 2.08. The molecule has 1 saturated heterocycles. The van der Waals surface area contributed by atoms with E-state index < -0.39 is 0 Å². The van der Waals surface area contributed by atoms with Gasteiger partial charge in [-0.15, -0.1) is 0 Å². The number of hydrogen-bond acceptors (Lipinski definition) is 3. The maximum atomic E-state index is 11.8. The van der Waals surface area contributed by atoms with Crippen LogP contribution in [0.1, 0.15) is 46.5 Å². The summed E-state index contributed by atoms with van der Waals surface area (Å²) in [6.45, 7) is 6.83. The van der Waals surface area contributed by atoms with E-state index in [0.29, 0.717) is 6.42 Å². The van der Waals surface area contributed by atoms with Gasteiger partial charge < -0.3 is 15.8 Å². The van der Waals surface area contributed by atoms with Gasteiger partial charge >= 0.3 is 0 Å². The molecule has 3 N–H and O–H groups in total. The molecule has 0 aromatic carbocycles. The van der Waals surface area contributed by atoms with Crippen molar-refractivity contribution in [2.45, 2.75) is 64.1 Å². The molecule has 0 saturated carbocycles. The van der Waals surface area contributed by atoms with Gasteiger partial charge in [0.25, 0.3) is 0 Å². The van der Waals surface area contributed by atoms with E-state index in [0.717, 1.165) is 25.9 Å². The minimum Gasteiger partial charge on any atom is -0.376 e. The van der Waals surface area contributed by atoms with E-state index in [1.54, 1.807) is 0 Å². The molecule has 0 bridgehead atoms. The van der Waals surface area contributed by atoms with Crippen LogP contribution in [0.2, 0.25) is 0 Å². The summed E-state index contributed by atoms with van der Waals surface area (Å²) in [5.41, 5.74) is 5.63. The lowest BCUT2D eigenvalue weighted by Crippen LogP contribution is -2.51. The number of rotatable bonds is 5. The fourth-order valence-electron chi connectivity index (χ4n) is 2.08. The molecule has 4 heteroatoms. The third-order valence-electron chi connectivity index (χ3n) is 3.42. The SMILES string of the molecule is CCCC(N)CC(=O)NC1(C)CCOC1C. The molecule has 1 heterocycles. The summed E-state index contributed by atoms with van der Waals surface area (Å²) in [7, 11) is 0. The van der Waals surface area contributed by atoms with Crippen LogP contribution in [0.15, 0.2) is 0 Å². The molecule has 1 aliphatic rings. The van der Waals surface area contributed by atoms with Gasteiger partial charge in [-0.25, -0.2) is 0 Å². The molecule has 3 atom stereocenters. The van der Waals surface area contributed by atoms with Crippen molar-refractivity contribution in [1.82, 2.24) is 5.32 Å². The predicted octanol–water partition coefficient (Wildman–Crippen LogP) is 1.19. The average molecular weight is 228 g/mol. The lowest BCUT2D eigenvalue weighted by Gasteiger charge is -2.29.